The molecular weight excluding hydrogens is 236 g/mol. The van der Waals surface area contributed by atoms with E-state index in [1.54, 1.807) is 20.1 Å². The van der Waals surface area contributed by atoms with E-state index in [1.807, 2.05) is 51.1 Å². The summed E-state index contributed by atoms with van der Waals surface area (Å²) in [5, 5.41) is 0. The molecule has 0 aliphatic carbocycles. The van der Waals surface area contributed by atoms with Crippen molar-refractivity contribution in [3.63, 3.8) is 0 Å². The van der Waals surface area contributed by atoms with E-state index < -0.39 is 0 Å². The van der Waals surface area contributed by atoms with E-state index in [1.165, 1.54) is 0 Å². The Morgan fingerprint density at radius 2 is 1.68 bits per heavy atom. The highest BCUT2D eigenvalue weighted by molar-refractivity contribution is 5.94. The van der Waals surface area contributed by atoms with Crippen LogP contribution in [0.4, 0.5) is 0 Å². The van der Waals surface area contributed by atoms with Gasteiger partial charge < -0.3 is 4.74 Å². The van der Waals surface area contributed by atoms with Gasteiger partial charge in [0.2, 0.25) is 0 Å². The highest BCUT2D eigenvalue weighted by Gasteiger charge is 2.09. The van der Waals surface area contributed by atoms with Gasteiger partial charge in [-0.05, 0) is 25.0 Å². The van der Waals surface area contributed by atoms with Gasteiger partial charge in [-0.3, -0.25) is 4.79 Å². The highest BCUT2D eigenvalue weighted by Crippen LogP contribution is 2.21. The van der Waals surface area contributed by atoms with Crippen LogP contribution in [0.1, 0.15) is 43.6 Å². The van der Waals surface area contributed by atoms with E-state index >= 15 is 0 Å². The van der Waals surface area contributed by atoms with Crippen LogP contribution in [0.25, 0.3) is 5.57 Å². The molecule has 0 fully saturated rings. The van der Waals surface area contributed by atoms with Crippen molar-refractivity contribution in [1.82, 2.24) is 0 Å². The van der Waals surface area contributed by atoms with Crippen LogP contribution < -0.4 is 0 Å². The maximum Gasteiger partial charge on any atom is 0.159 e. The maximum absolute atomic E-state index is 11.2. The lowest BCUT2D eigenvalue weighted by Gasteiger charge is -2.14. The van der Waals surface area contributed by atoms with E-state index in [9.17, 15) is 4.79 Å². The van der Waals surface area contributed by atoms with Gasteiger partial charge in [-0.25, -0.2) is 0 Å². The molecule has 0 radical (unpaired) electrons. The van der Waals surface area contributed by atoms with Crippen LogP contribution in [-0.2, 0) is 4.74 Å². The number of hydrogen-bond acceptors (Lipinski definition) is 2. The molecule has 2 nitrogen and oxygen atoms in total. The first-order chi connectivity index (χ1) is 9.10. The number of hydrogen-bond donors (Lipinski definition) is 0. The van der Waals surface area contributed by atoms with Gasteiger partial charge in [0.25, 0.3) is 0 Å². The summed E-state index contributed by atoms with van der Waals surface area (Å²) in [5.41, 5.74) is 2.82. The summed E-state index contributed by atoms with van der Waals surface area (Å²) in [7, 11) is 1.67. The molecule has 0 aliphatic rings. The summed E-state index contributed by atoms with van der Waals surface area (Å²) in [6.07, 6.45) is 3.66. The average molecular weight is 260 g/mol. The van der Waals surface area contributed by atoms with Gasteiger partial charge >= 0.3 is 0 Å². The first-order valence-corrected chi connectivity index (χ1v) is 6.57. The Morgan fingerprint density at radius 3 is 2.05 bits per heavy atom. The molecule has 1 rings (SSSR count). The van der Waals surface area contributed by atoms with E-state index in [0.717, 1.165) is 16.7 Å². The SMILES string of the molecule is C=C/C=C(/c1ccc(C(C)=O)cc1)C(C)OC.CC. The summed E-state index contributed by atoms with van der Waals surface area (Å²) in [5.74, 6) is 0.0746. The first-order valence-electron chi connectivity index (χ1n) is 6.57. The lowest BCUT2D eigenvalue weighted by Crippen LogP contribution is -2.07. The molecule has 0 aromatic heterocycles. The second-order valence-corrected chi connectivity index (χ2v) is 3.87. The summed E-state index contributed by atoms with van der Waals surface area (Å²) in [6, 6.07) is 7.52. The third kappa shape index (κ3) is 5.23. The zero-order chi connectivity index (χ0) is 14.8. The van der Waals surface area contributed by atoms with Crippen LogP contribution in [0.2, 0.25) is 0 Å². The van der Waals surface area contributed by atoms with Gasteiger partial charge in [-0.1, -0.05) is 56.8 Å². The minimum atomic E-state index is -0.00354. The van der Waals surface area contributed by atoms with Crippen LogP contribution in [0.5, 0.6) is 0 Å². The van der Waals surface area contributed by atoms with Gasteiger partial charge in [0.05, 0.1) is 6.10 Å². The third-order valence-corrected chi connectivity index (χ3v) is 2.71. The number of Topliss-reactive ketones (excluding diaryl/α,β-unsaturated/α-hetero) is 1. The number of methoxy groups -OCH3 is 1. The maximum atomic E-state index is 11.2. The Balaban J connectivity index is 0.00000154. The van der Waals surface area contributed by atoms with Gasteiger partial charge in [-0.2, -0.15) is 0 Å². The van der Waals surface area contributed by atoms with Crippen molar-refractivity contribution in [2.45, 2.75) is 33.8 Å². The highest BCUT2D eigenvalue weighted by atomic mass is 16.5. The minimum absolute atomic E-state index is 0.00354. The lowest BCUT2D eigenvalue weighted by molar-refractivity contribution is 0.101. The molecule has 0 heterocycles. The average Bonchev–Trinajstić information content (AvgIpc) is 2.46. The van der Waals surface area contributed by atoms with Crippen molar-refractivity contribution in [2.75, 3.05) is 7.11 Å². The van der Waals surface area contributed by atoms with Crippen LogP contribution in [0, 0.1) is 0 Å². The molecule has 1 aromatic carbocycles. The van der Waals surface area contributed by atoms with Gasteiger partial charge in [-0.15, -0.1) is 0 Å². The van der Waals surface area contributed by atoms with Crippen molar-refractivity contribution < 1.29 is 9.53 Å². The van der Waals surface area contributed by atoms with Crippen molar-refractivity contribution >= 4 is 11.4 Å². The number of rotatable bonds is 5. The lowest BCUT2D eigenvalue weighted by atomic mass is 9.99. The van der Waals surface area contributed by atoms with Gasteiger partial charge in [0.1, 0.15) is 0 Å². The molecule has 0 bridgehead atoms. The van der Waals surface area contributed by atoms with Crippen LogP contribution in [0.15, 0.2) is 43.0 Å². The van der Waals surface area contributed by atoms with Gasteiger partial charge in [0, 0.05) is 12.7 Å². The Kier molecular flexibility index (Phi) is 8.47. The van der Waals surface area contributed by atoms with Crippen LogP contribution >= 0.6 is 0 Å². The largest absolute Gasteiger partial charge is 0.377 e. The number of ketones is 1. The number of carbonyl (C=O) groups is 1. The second kappa shape index (κ2) is 9.29. The Morgan fingerprint density at radius 1 is 1.21 bits per heavy atom. The van der Waals surface area contributed by atoms with Crippen molar-refractivity contribution in [1.29, 1.82) is 0 Å². The Bertz CT molecular complexity index is 427. The summed E-state index contributed by atoms with van der Waals surface area (Å²) >= 11 is 0. The Hall–Kier alpha value is -1.67. The smallest absolute Gasteiger partial charge is 0.159 e. The summed E-state index contributed by atoms with van der Waals surface area (Å²) in [4.78, 5) is 11.2. The summed E-state index contributed by atoms with van der Waals surface area (Å²) in [6.45, 7) is 11.2. The molecule has 0 spiro atoms. The number of benzene rings is 1. The topological polar surface area (TPSA) is 26.3 Å². The Labute approximate surface area is 116 Å². The summed E-state index contributed by atoms with van der Waals surface area (Å²) < 4.78 is 5.31. The van der Waals surface area contributed by atoms with Crippen LogP contribution in [0.3, 0.4) is 0 Å². The molecular formula is C17H24O2. The standard InChI is InChI=1S/C15H18O2.C2H6/c1-5-6-15(12(3)17-4)14-9-7-13(8-10-14)11(2)16;1-2/h5-10,12H,1H2,2-4H3;1-2H3/b15-6+;. The fraction of sp³-hybridized carbons (Fsp3) is 0.353. The van der Waals surface area contributed by atoms with E-state index in [0.29, 0.717) is 0 Å². The fourth-order valence-corrected chi connectivity index (χ4v) is 1.62. The predicted octanol–water partition coefficient (Wildman–Crippen LogP) is 4.52. The molecule has 0 saturated heterocycles. The van der Waals surface area contributed by atoms with Crippen molar-refractivity contribution in [2.24, 2.45) is 0 Å². The van der Waals surface area contributed by atoms with E-state index in [-0.39, 0.29) is 11.9 Å². The molecule has 1 unspecified atom stereocenters. The molecule has 1 atom stereocenters. The monoisotopic (exact) mass is 260 g/mol. The molecule has 0 N–H and O–H groups in total. The number of ether oxygens (including phenoxy) is 1. The quantitative estimate of drug-likeness (QED) is 0.574. The number of allylic oxidation sites excluding steroid dienone is 2. The number of carbonyl (C=O) groups excluding carboxylic acids is 1. The molecule has 0 saturated carbocycles. The normalized spacial score (nSPS) is 12.2. The van der Waals surface area contributed by atoms with E-state index in [2.05, 4.69) is 6.58 Å². The van der Waals surface area contributed by atoms with Crippen LogP contribution in [-0.4, -0.2) is 19.0 Å². The van der Waals surface area contributed by atoms with Crippen molar-refractivity contribution in [3.05, 3.63) is 54.1 Å². The van der Waals surface area contributed by atoms with E-state index in [4.69, 9.17) is 4.74 Å². The predicted molar refractivity (Wildman–Crippen MR) is 82.4 cm³/mol. The third-order valence-electron chi connectivity index (χ3n) is 2.71. The molecule has 2 heteroatoms. The molecule has 0 amide bonds. The fourth-order valence-electron chi connectivity index (χ4n) is 1.62. The van der Waals surface area contributed by atoms with Crippen molar-refractivity contribution in [3.8, 4) is 0 Å². The minimum Gasteiger partial charge on any atom is -0.377 e. The molecule has 1 aromatic rings. The zero-order valence-corrected chi connectivity index (χ0v) is 12.6. The molecule has 19 heavy (non-hydrogen) atoms. The first kappa shape index (κ1) is 17.3. The molecule has 0 aliphatic heterocycles. The molecule has 104 valence electrons. The second-order valence-electron chi connectivity index (χ2n) is 3.87. The zero-order valence-electron chi connectivity index (χ0n) is 12.6. The van der Waals surface area contributed by atoms with Gasteiger partial charge in [0.15, 0.2) is 5.78 Å².